The summed E-state index contributed by atoms with van der Waals surface area (Å²) < 4.78 is 5.32. The van der Waals surface area contributed by atoms with Crippen LogP contribution in [0.25, 0.3) is 0 Å². The van der Waals surface area contributed by atoms with Gasteiger partial charge < -0.3 is 15.4 Å². The highest BCUT2D eigenvalue weighted by Crippen LogP contribution is 2.05. The molecule has 1 aliphatic heterocycles. The van der Waals surface area contributed by atoms with Crippen molar-refractivity contribution in [2.75, 3.05) is 25.0 Å². The molecule has 0 saturated carbocycles. The summed E-state index contributed by atoms with van der Waals surface area (Å²) in [7, 11) is 0. The van der Waals surface area contributed by atoms with Crippen LogP contribution in [0, 0.1) is 0 Å². The predicted molar refractivity (Wildman–Crippen MR) is 55.5 cm³/mol. The number of anilines is 1. The molecule has 15 heavy (non-hydrogen) atoms. The number of hydrogen-bond donors (Lipinski definition) is 2. The maximum absolute atomic E-state index is 11.7. The smallest absolute Gasteiger partial charge is 0.254 e. The van der Waals surface area contributed by atoms with Crippen LogP contribution in [0.1, 0.15) is 0 Å². The largest absolute Gasteiger partial charge is 0.366 e. The lowest BCUT2D eigenvalue weighted by atomic mass is 10.3. The number of nitrogens with zero attached hydrogens (tertiary/aromatic N) is 1. The summed E-state index contributed by atoms with van der Waals surface area (Å²) in [6, 6.07) is 3.57. The van der Waals surface area contributed by atoms with E-state index in [1.807, 2.05) is 0 Å². The average Bonchev–Trinajstić information content (AvgIpc) is 2.31. The molecule has 2 rings (SSSR count). The van der Waals surface area contributed by atoms with Crippen LogP contribution in [0.5, 0.6) is 0 Å². The van der Waals surface area contributed by atoms with Gasteiger partial charge in [-0.1, -0.05) is 0 Å². The first kappa shape index (κ1) is 10.1. The van der Waals surface area contributed by atoms with E-state index in [1.54, 1.807) is 24.5 Å². The van der Waals surface area contributed by atoms with Crippen molar-refractivity contribution >= 4 is 11.6 Å². The Morgan fingerprint density at radius 1 is 1.67 bits per heavy atom. The van der Waals surface area contributed by atoms with Gasteiger partial charge in [0.1, 0.15) is 6.10 Å². The Hall–Kier alpha value is -1.46. The van der Waals surface area contributed by atoms with Gasteiger partial charge in [0.2, 0.25) is 0 Å². The molecular weight excluding hydrogens is 194 g/mol. The van der Waals surface area contributed by atoms with Crippen molar-refractivity contribution in [3.63, 3.8) is 0 Å². The zero-order valence-electron chi connectivity index (χ0n) is 8.27. The third-order valence-electron chi connectivity index (χ3n) is 2.15. The van der Waals surface area contributed by atoms with Crippen LogP contribution in [-0.2, 0) is 9.53 Å². The Kier molecular flexibility index (Phi) is 3.26. The molecule has 1 aromatic rings. The van der Waals surface area contributed by atoms with E-state index in [-0.39, 0.29) is 5.91 Å². The van der Waals surface area contributed by atoms with Crippen LogP contribution in [-0.4, -0.2) is 36.7 Å². The molecule has 0 radical (unpaired) electrons. The average molecular weight is 207 g/mol. The minimum Gasteiger partial charge on any atom is -0.366 e. The van der Waals surface area contributed by atoms with Gasteiger partial charge in [-0.3, -0.25) is 9.78 Å². The molecule has 1 amide bonds. The normalized spacial score (nSPS) is 20.9. The number of carbonyl (C=O) groups is 1. The molecular formula is C10H13N3O2. The van der Waals surface area contributed by atoms with Crippen molar-refractivity contribution in [2.45, 2.75) is 6.10 Å². The van der Waals surface area contributed by atoms with E-state index in [2.05, 4.69) is 15.6 Å². The summed E-state index contributed by atoms with van der Waals surface area (Å²) in [6.07, 6.45) is 2.86. The Bertz CT molecular complexity index is 323. The molecule has 1 saturated heterocycles. The molecule has 80 valence electrons. The number of carbonyl (C=O) groups excluding carboxylic acids is 1. The van der Waals surface area contributed by atoms with Crippen LogP contribution < -0.4 is 10.6 Å². The summed E-state index contributed by atoms with van der Waals surface area (Å²) in [4.78, 5) is 15.6. The summed E-state index contributed by atoms with van der Waals surface area (Å²) in [5.41, 5.74) is 0.691. The van der Waals surface area contributed by atoms with Gasteiger partial charge in [-0.2, -0.15) is 0 Å². The maximum Gasteiger partial charge on any atom is 0.254 e. The maximum atomic E-state index is 11.7. The van der Waals surface area contributed by atoms with Crippen molar-refractivity contribution in [1.29, 1.82) is 0 Å². The Balaban J connectivity index is 1.91. The standard InChI is InChI=1S/C10H13N3O2/c14-10(9-7-12-4-5-15-9)13-8-2-1-3-11-6-8/h1-3,6,9,12H,4-5,7H2,(H,13,14). The van der Waals surface area contributed by atoms with E-state index in [0.29, 0.717) is 18.8 Å². The molecule has 0 spiro atoms. The lowest BCUT2D eigenvalue weighted by molar-refractivity contribution is -0.128. The number of hydrogen-bond acceptors (Lipinski definition) is 4. The molecule has 1 atom stereocenters. The highest BCUT2D eigenvalue weighted by atomic mass is 16.5. The van der Waals surface area contributed by atoms with Crippen LogP contribution in [0.2, 0.25) is 0 Å². The van der Waals surface area contributed by atoms with Crippen molar-refractivity contribution in [1.82, 2.24) is 10.3 Å². The number of ether oxygens (including phenoxy) is 1. The Morgan fingerprint density at radius 2 is 2.60 bits per heavy atom. The van der Waals surface area contributed by atoms with E-state index in [1.165, 1.54) is 0 Å². The van der Waals surface area contributed by atoms with E-state index in [0.717, 1.165) is 6.54 Å². The van der Waals surface area contributed by atoms with E-state index in [9.17, 15) is 4.79 Å². The number of pyridine rings is 1. The number of aromatic nitrogens is 1. The van der Waals surface area contributed by atoms with Gasteiger partial charge in [0.15, 0.2) is 0 Å². The highest BCUT2D eigenvalue weighted by molar-refractivity contribution is 5.94. The van der Waals surface area contributed by atoms with Crippen molar-refractivity contribution in [3.8, 4) is 0 Å². The van der Waals surface area contributed by atoms with Crippen LogP contribution in [0.3, 0.4) is 0 Å². The first-order chi connectivity index (χ1) is 7.36. The minimum atomic E-state index is -0.404. The molecule has 2 N–H and O–H groups in total. The van der Waals surface area contributed by atoms with Crippen molar-refractivity contribution < 1.29 is 9.53 Å². The Morgan fingerprint density at radius 3 is 3.27 bits per heavy atom. The zero-order valence-corrected chi connectivity index (χ0v) is 8.27. The summed E-state index contributed by atoms with van der Waals surface area (Å²) in [6.45, 7) is 1.94. The summed E-state index contributed by atoms with van der Waals surface area (Å²) in [5.74, 6) is -0.129. The molecule has 0 bridgehead atoms. The van der Waals surface area contributed by atoms with E-state index < -0.39 is 6.10 Å². The molecule has 5 heteroatoms. The first-order valence-corrected chi connectivity index (χ1v) is 4.89. The van der Waals surface area contributed by atoms with Gasteiger partial charge in [-0.05, 0) is 12.1 Å². The van der Waals surface area contributed by atoms with Crippen molar-refractivity contribution in [2.24, 2.45) is 0 Å². The molecule has 2 heterocycles. The van der Waals surface area contributed by atoms with Gasteiger partial charge in [0.05, 0.1) is 18.5 Å². The highest BCUT2D eigenvalue weighted by Gasteiger charge is 2.21. The third kappa shape index (κ3) is 2.74. The minimum absolute atomic E-state index is 0.129. The lowest BCUT2D eigenvalue weighted by Crippen LogP contribution is -2.45. The van der Waals surface area contributed by atoms with Gasteiger partial charge in [-0.15, -0.1) is 0 Å². The summed E-state index contributed by atoms with van der Waals surface area (Å²) >= 11 is 0. The monoisotopic (exact) mass is 207 g/mol. The first-order valence-electron chi connectivity index (χ1n) is 4.89. The fourth-order valence-electron chi connectivity index (χ4n) is 1.39. The molecule has 1 fully saturated rings. The SMILES string of the molecule is O=C(Nc1cccnc1)C1CNCCO1. The lowest BCUT2D eigenvalue weighted by Gasteiger charge is -2.22. The molecule has 0 aliphatic carbocycles. The van der Waals surface area contributed by atoms with Crippen LogP contribution in [0.4, 0.5) is 5.69 Å². The topological polar surface area (TPSA) is 63.2 Å². The Labute approximate surface area is 87.8 Å². The molecule has 0 aromatic carbocycles. The number of morpholine rings is 1. The second kappa shape index (κ2) is 4.86. The molecule has 5 nitrogen and oxygen atoms in total. The van der Waals surface area contributed by atoms with Crippen molar-refractivity contribution in [3.05, 3.63) is 24.5 Å². The second-order valence-corrected chi connectivity index (χ2v) is 3.29. The number of amides is 1. The number of rotatable bonds is 2. The van der Waals surface area contributed by atoms with Gasteiger partial charge in [-0.25, -0.2) is 0 Å². The fourth-order valence-corrected chi connectivity index (χ4v) is 1.39. The van der Waals surface area contributed by atoms with Crippen LogP contribution in [0.15, 0.2) is 24.5 Å². The van der Waals surface area contributed by atoms with Crippen LogP contribution >= 0.6 is 0 Å². The third-order valence-corrected chi connectivity index (χ3v) is 2.15. The van der Waals surface area contributed by atoms with E-state index in [4.69, 9.17) is 4.74 Å². The quantitative estimate of drug-likeness (QED) is 0.717. The second-order valence-electron chi connectivity index (χ2n) is 3.29. The number of nitrogens with one attached hydrogen (secondary N) is 2. The predicted octanol–water partition coefficient (Wildman–Crippen LogP) is 0.00850. The zero-order chi connectivity index (χ0) is 10.5. The van der Waals surface area contributed by atoms with Gasteiger partial charge in [0, 0.05) is 19.3 Å². The van der Waals surface area contributed by atoms with Gasteiger partial charge >= 0.3 is 0 Å². The van der Waals surface area contributed by atoms with Gasteiger partial charge in [0.25, 0.3) is 5.91 Å². The fraction of sp³-hybridized carbons (Fsp3) is 0.400. The molecule has 1 aromatic heterocycles. The van der Waals surface area contributed by atoms with E-state index >= 15 is 0 Å². The summed E-state index contributed by atoms with van der Waals surface area (Å²) in [5, 5.41) is 5.85. The molecule has 1 unspecified atom stereocenters. The molecule has 1 aliphatic rings.